The van der Waals surface area contributed by atoms with E-state index in [4.69, 9.17) is 0 Å². The molecule has 0 aliphatic heterocycles. The molecule has 3 heteroatoms. The second-order valence-electron chi connectivity index (χ2n) is 4.92. The van der Waals surface area contributed by atoms with Crippen molar-refractivity contribution >= 4 is 0 Å². The third kappa shape index (κ3) is 3.93. The highest BCUT2D eigenvalue weighted by molar-refractivity contribution is 5.31. The number of benzene rings is 1. The molecule has 0 radical (unpaired) electrons. The van der Waals surface area contributed by atoms with Crippen LogP contribution in [0.4, 0.5) is 0 Å². The minimum Gasteiger partial charge on any atom is -0.388 e. The molecular formula is C16H22N2O. The van der Waals surface area contributed by atoms with Gasteiger partial charge in [0, 0.05) is 11.8 Å². The van der Waals surface area contributed by atoms with E-state index in [0.717, 1.165) is 24.1 Å². The van der Waals surface area contributed by atoms with Crippen molar-refractivity contribution in [1.82, 2.24) is 9.78 Å². The Balaban J connectivity index is 1.93. The third-order valence-corrected chi connectivity index (χ3v) is 3.34. The van der Waals surface area contributed by atoms with Crippen LogP contribution in [0.5, 0.6) is 0 Å². The first-order valence-corrected chi connectivity index (χ1v) is 7.09. The highest BCUT2D eigenvalue weighted by Gasteiger charge is 2.10. The van der Waals surface area contributed by atoms with Crippen LogP contribution in [0.15, 0.2) is 42.7 Å². The molecule has 0 aliphatic carbocycles. The summed E-state index contributed by atoms with van der Waals surface area (Å²) in [5.74, 6) is 0. The van der Waals surface area contributed by atoms with Gasteiger partial charge in [-0.25, -0.2) is 4.68 Å². The second-order valence-corrected chi connectivity index (χ2v) is 4.92. The molecule has 0 aliphatic rings. The van der Waals surface area contributed by atoms with Crippen LogP contribution in [-0.4, -0.2) is 14.9 Å². The largest absolute Gasteiger partial charge is 0.388 e. The number of hydrogen-bond donors (Lipinski definition) is 1. The van der Waals surface area contributed by atoms with E-state index in [0.29, 0.717) is 0 Å². The normalized spacial score (nSPS) is 12.5. The zero-order valence-electron chi connectivity index (χ0n) is 11.5. The minimum atomic E-state index is -0.394. The van der Waals surface area contributed by atoms with Gasteiger partial charge in [0.1, 0.15) is 0 Å². The van der Waals surface area contributed by atoms with Crippen LogP contribution in [0.1, 0.15) is 50.7 Å². The number of rotatable bonds is 7. The fourth-order valence-corrected chi connectivity index (χ4v) is 2.16. The summed E-state index contributed by atoms with van der Waals surface area (Å²) >= 11 is 0. The molecular weight excluding hydrogens is 236 g/mol. The molecule has 0 amide bonds. The molecule has 0 spiro atoms. The quantitative estimate of drug-likeness (QED) is 0.765. The van der Waals surface area contributed by atoms with Gasteiger partial charge < -0.3 is 5.11 Å². The Morgan fingerprint density at radius 3 is 2.68 bits per heavy atom. The Bertz CT molecular complexity index is 479. The summed E-state index contributed by atoms with van der Waals surface area (Å²) in [5, 5.41) is 14.4. The van der Waals surface area contributed by atoms with Gasteiger partial charge in [-0.15, -0.1) is 0 Å². The number of para-hydroxylation sites is 1. The van der Waals surface area contributed by atoms with E-state index in [1.807, 2.05) is 41.2 Å². The molecule has 1 heterocycles. The number of hydrogen-bond acceptors (Lipinski definition) is 2. The predicted octanol–water partition coefficient (Wildman–Crippen LogP) is 3.88. The predicted molar refractivity (Wildman–Crippen MR) is 77.3 cm³/mol. The first-order valence-electron chi connectivity index (χ1n) is 7.09. The molecule has 1 aromatic carbocycles. The van der Waals surface area contributed by atoms with Crippen LogP contribution in [0.2, 0.25) is 0 Å². The summed E-state index contributed by atoms with van der Waals surface area (Å²) in [6.07, 6.45) is 8.84. The van der Waals surface area contributed by atoms with Crippen LogP contribution in [0, 0.1) is 0 Å². The molecule has 1 atom stereocenters. The molecule has 1 aromatic heterocycles. The monoisotopic (exact) mass is 258 g/mol. The SMILES string of the molecule is CCCCCCC(O)c1cnn(-c2ccccc2)c1. The smallest absolute Gasteiger partial charge is 0.0820 e. The van der Waals surface area contributed by atoms with Crippen molar-refractivity contribution in [2.75, 3.05) is 0 Å². The van der Waals surface area contributed by atoms with Crippen LogP contribution in [0.3, 0.4) is 0 Å². The van der Waals surface area contributed by atoms with E-state index in [1.54, 1.807) is 6.20 Å². The van der Waals surface area contributed by atoms with E-state index in [-0.39, 0.29) is 0 Å². The van der Waals surface area contributed by atoms with E-state index in [2.05, 4.69) is 12.0 Å². The van der Waals surface area contributed by atoms with E-state index in [9.17, 15) is 5.11 Å². The molecule has 2 aromatic rings. The molecule has 0 saturated heterocycles. The number of aliphatic hydroxyl groups is 1. The van der Waals surface area contributed by atoms with Crippen molar-refractivity contribution in [1.29, 1.82) is 0 Å². The average molecular weight is 258 g/mol. The number of unbranched alkanes of at least 4 members (excludes halogenated alkanes) is 3. The van der Waals surface area contributed by atoms with Gasteiger partial charge in [-0.1, -0.05) is 50.8 Å². The van der Waals surface area contributed by atoms with Crippen molar-refractivity contribution in [3.63, 3.8) is 0 Å². The maximum atomic E-state index is 10.1. The molecule has 102 valence electrons. The summed E-state index contributed by atoms with van der Waals surface area (Å²) in [7, 11) is 0. The highest BCUT2D eigenvalue weighted by atomic mass is 16.3. The third-order valence-electron chi connectivity index (χ3n) is 3.34. The zero-order valence-corrected chi connectivity index (χ0v) is 11.5. The Morgan fingerprint density at radius 1 is 1.16 bits per heavy atom. The van der Waals surface area contributed by atoms with Gasteiger partial charge in [0.25, 0.3) is 0 Å². The minimum absolute atomic E-state index is 0.394. The lowest BCUT2D eigenvalue weighted by Gasteiger charge is -2.07. The van der Waals surface area contributed by atoms with Gasteiger partial charge in [-0.05, 0) is 18.6 Å². The summed E-state index contributed by atoms with van der Waals surface area (Å²) in [5.41, 5.74) is 1.92. The molecule has 19 heavy (non-hydrogen) atoms. The number of aromatic nitrogens is 2. The lowest BCUT2D eigenvalue weighted by molar-refractivity contribution is 0.163. The van der Waals surface area contributed by atoms with Gasteiger partial charge in [0.2, 0.25) is 0 Å². The maximum absolute atomic E-state index is 10.1. The number of aliphatic hydroxyl groups excluding tert-OH is 1. The first kappa shape index (κ1) is 13.8. The molecule has 0 saturated carbocycles. The second kappa shape index (κ2) is 7.10. The molecule has 1 N–H and O–H groups in total. The lowest BCUT2D eigenvalue weighted by Crippen LogP contribution is -1.96. The van der Waals surface area contributed by atoms with E-state index >= 15 is 0 Å². The van der Waals surface area contributed by atoms with E-state index in [1.165, 1.54) is 19.3 Å². The van der Waals surface area contributed by atoms with Crippen molar-refractivity contribution in [2.24, 2.45) is 0 Å². The molecule has 0 fully saturated rings. The first-order chi connectivity index (χ1) is 9.31. The van der Waals surface area contributed by atoms with Gasteiger partial charge in [-0.3, -0.25) is 0 Å². The van der Waals surface area contributed by atoms with Crippen LogP contribution in [-0.2, 0) is 0 Å². The topological polar surface area (TPSA) is 38.1 Å². The van der Waals surface area contributed by atoms with Gasteiger partial charge in [0.05, 0.1) is 18.0 Å². The molecule has 2 rings (SSSR count). The van der Waals surface area contributed by atoms with Gasteiger partial charge in [-0.2, -0.15) is 5.10 Å². The molecule has 3 nitrogen and oxygen atoms in total. The van der Waals surface area contributed by atoms with Crippen molar-refractivity contribution < 1.29 is 5.11 Å². The fraction of sp³-hybridized carbons (Fsp3) is 0.438. The Kier molecular flexibility index (Phi) is 5.16. The van der Waals surface area contributed by atoms with E-state index < -0.39 is 6.10 Å². The zero-order chi connectivity index (χ0) is 13.5. The lowest BCUT2D eigenvalue weighted by atomic mass is 10.1. The van der Waals surface area contributed by atoms with Crippen molar-refractivity contribution in [2.45, 2.75) is 45.1 Å². The van der Waals surface area contributed by atoms with Gasteiger partial charge in [0.15, 0.2) is 0 Å². The van der Waals surface area contributed by atoms with Crippen molar-refractivity contribution in [3.8, 4) is 5.69 Å². The van der Waals surface area contributed by atoms with Crippen molar-refractivity contribution in [3.05, 3.63) is 48.3 Å². The Hall–Kier alpha value is -1.61. The Labute approximate surface area is 114 Å². The number of nitrogens with zero attached hydrogens (tertiary/aromatic N) is 2. The maximum Gasteiger partial charge on any atom is 0.0820 e. The molecule has 0 bridgehead atoms. The average Bonchev–Trinajstić information content (AvgIpc) is 2.94. The fourth-order valence-electron chi connectivity index (χ4n) is 2.16. The highest BCUT2D eigenvalue weighted by Crippen LogP contribution is 2.20. The standard InChI is InChI=1S/C16H22N2O/c1-2-3-4-8-11-16(19)14-12-17-18(13-14)15-9-6-5-7-10-15/h5-7,9-10,12-13,16,19H,2-4,8,11H2,1H3. The molecule has 1 unspecified atom stereocenters. The van der Waals surface area contributed by atoms with Gasteiger partial charge >= 0.3 is 0 Å². The summed E-state index contributed by atoms with van der Waals surface area (Å²) in [6.45, 7) is 2.19. The summed E-state index contributed by atoms with van der Waals surface area (Å²) < 4.78 is 1.81. The van der Waals surface area contributed by atoms with Crippen LogP contribution >= 0.6 is 0 Å². The van der Waals surface area contributed by atoms with Crippen LogP contribution < -0.4 is 0 Å². The Morgan fingerprint density at radius 2 is 1.95 bits per heavy atom. The summed E-state index contributed by atoms with van der Waals surface area (Å²) in [6, 6.07) is 9.96. The summed E-state index contributed by atoms with van der Waals surface area (Å²) in [4.78, 5) is 0. The van der Waals surface area contributed by atoms with Crippen LogP contribution in [0.25, 0.3) is 5.69 Å².